The number of ether oxygens (including phenoxy) is 1. The number of carbonyl (C=O) groups is 1. The average Bonchev–Trinajstić information content (AvgIpc) is 2.60. The molecule has 122 valence electrons. The second-order valence-electron chi connectivity index (χ2n) is 4.77. The Morgan fingerprint density at radius 2 is 1.87 bits per heavy atom. The van der Waals surface area contributed by atoms with Crippen LogP contribution >= 0.6 is 0 Å². The number of methoxy groups -OCH3 is 1. The quantitative estimate of drug-likeness (QED) is 0.757. The number of para-hydroxylation sites is 1. The van der Waals surface area contributed by atoms with Crippen LogP contribution in [0.1, 0.15) is 23.0 Å². The van der Waals surface area contributed by atoms with Crippen LogP contribution < -0.4 is 4.31 Å². The first kappa shape index (κ1) is 17.0. The summed E-state index contributed by atoms with van der Waals surface area (Å²) in [5, 5.41) is 0. The van der Waals surface area contributed by atoms with Gasteiger partial charge in [0.2, 0.25) is 10.0 Å². The van der Waals surface area contributed by atoms with E-state index >= 15 is 0 Å². The van der Waals surface area contributed by atoms with E-state index in [1.54, 1.807) is 43.3 Å². The second kappa shape index (κ2) is 7.23. The first-order valence-corrected chi connectivity index (χ1v) is 8.67. The molecular formula is C16H18N2O4S. The van der Waals surface area contributed by atoms with Crippen LogP contribution in [0.4, 0.5) is 5.69 Å². The van der Waals surface area contributed by atoms with Gasteiger partial charge in [0.15, 0.2) is 0 Å². The molecule has 1 aromatic heterocycles. The molecule has 0 aliphatic carbocycles. The summed E-state index contributed by atoms with van der Waals surface area (Å²) in [6.45, 7) is 1.70. The van der Waals surface area contributed by atoms with Crippen molar-refractivity contribution in [3.05, 3.63) is 59.9 Å². The van der Waals surface area contributed by atoms with Crippen LogP contribution in [0.2, 0.25) is 0 Å². The monoisotopic (exact) mass is 334 g/mol. The molecule has 0 radical (unpaired) electrons. The number of sulfonamides is 1. The Kier molecular flexibility index (Phi) is 5.33. The van der Waals surface area contributed by atoms with Gasteiger partial charge in [-0.05, 0) is 31.2 Å². The molecule has 0 atom stereocenters. The number of anilines is 1. The van der Waals surface area contributed by atoms with Crippen molar-refractivity contribution in [3.63, 3.8) is 0 Å². The average molecular weight is 334 g/mol. The van der Waals surface area contributed by atoms with Crippen molar-refractivity contribution >= 4 is 21.7 Å². The van der Waals surface area contributed by atoms with Gasteiger partial charge in [-0.3, -0.25) is 9.29 Å². The highest BCUT2D eigenvalue weighted by molar-refractivity contribution is 7.92. The Bertz CT molecular complexity index is 758. The van der Waals surface area contributed by atoms with Crippen LogP contribution in [0.3, 0.4) is 0 Å². The van der Waals surface area contributed by atoms with Crippen LogP contribution in [0.25, 0.3) is 0 Å². The normalized spacial score (nSPS) is 11.0. The molecule has 0 aliphatic heterocycles. The zero-order chi connectivity index (χ0) is 16.9. The largest absolute Gasteiger partial charge is 0.465 e. The van der Waals surface area contributed by atoms with Crippen LogP contribution in [-0.2, 0) is 21.3 Å². The fourth-order valence-electron chi connectivity index (χ4n) is 2.00. The highest BCUT2D eigenvalue weighted by Gasteiger charge is 2.21. The van der Waals surface area contributed by atoms with Crippen LogP contribution in [0, 0.1) is 0 Å². The molecule has 0 amide bonds. The van der Waals surface area contributed by atoms with Gasteiger partial charge in [0.25, 0.3) is 0 Å². The zero-order valence-electron chi connectivity index (χ0n) is 13.0. The Morgan fingerprint density at radius 1 is 1.17 bits per heavy atom. The van der Waals surface area contributed by atoms with E-state index in [9.17, 15) is 13.2 Å². The van der Waals surface area contributed by atoms with Gasteiger partial charge in [0.1, 0.15) is 0 Å². The molecular weight excluding hydrogens is 316 g/mol. The summed E-state index contributed by atoms with van der Waals surface area (Å²) >= 11 is 0. The second-order valence-corrected chi connectivity index (χ2v) is 6.95. The predicted octanol–water partition coefficient (Wildman–Crippen LogP) is 2.22. The van der Waals surface area contributed by atoms with Crippen LogP contribution in [-0.4, -0.2) is 32.2 Å². The fourth-order valence-corrected chi connectivity index (χ4v) is 3.09. The fraction of sp³-hybridized carbons (Fsp3) is 0.250. The van der Waals surface area contributed by atoms with Gasteiger partial charge in [-0.25, -0.2) is 13.2 Å². The van der Waals surface area contributed by atoms with Crippen LogP contribution in [0.5, 0.6) is 0 Å². The molecule has 0 fully saturated rings. The molecule has 0 N–H and O–H groups in total. The zero-order valence-corrected chi connectivity index (χ0v) is 13.8. The SMILES string of the molecule is CCS(=O)(=O)N(Cc1ccc(C(=O)OC)cn1)c1ccccc1. The summed E-state index contributed by atoms with van der Waals surface area (Å²) < 4.78 is 30.6. The number of pyridine rings is 1. The number of hydrogen-bond donors (Lipinski definition) is 0. The first-order chi connectivity index (χ1) is 11.0. The minimum Gasteiger partial charge on any atom is -0.465 e. The maximum atomic E-state index is 12.3. The maximum absolute atomic E-state index is 12.3. The van der Waals surface area contributed by atoms with Gasteiger partial charge in [-0.2, -0.15) is 0 Å². The number of rotatable bonds is 6. The summed E-state index contributed by atoms with van der Waals surface area (Å²) in [6.07, 6.45) is 1.38. The molecule has 23 heavy (non-hydrogen) atoms. The number of benzene rings is 1. The van der Waals surface area contributed by atoms with E-state index in [2.05, 4.69) is 9.72 Å². The summed E-state index contributed by atoms with van der Waals surface area (Å²) in [7, 11) is -2.15. The Hall–Kier alpha value is -2.41. The molecule has 0 aliphatic rings. The van der Waals surface area contributed by atoms with E-state index < -0.39 is 16.0 Å². The van der Waals surface area contributed by atoms with Crippen molar-refractivity contribution in [2.24, 2.45) is 0 Å². The predicted molar refractivity (Wildman–Crippen MR) is 87.7 cm³/mol. The van der Waals surface area contributed by atoms with Crippen molar-refractivity contribution in [3.8, 4) is 0 Å². The highest BCUT2D eigenvalue weighted by atomic mass is 32.2. The third-order valence-electron chi connectivity index (χ3n) is 3.30. The summed E-state index contributed by atoms with van der Waals surface area (Å²) in [4.78, 5) is 15.6. The smallest absolute Gasteiger partial charge is 0.339 e. The maximum Gasteiger partial charge on any atom is 0.339 e. The molecule has 1 heterocycles. The topological polar surface area (TPSA) is 76.6 Å². The summed E-state index contributed by atoms with van der Waals surface area (Å²) in [5.74, 6) is -0.493. The van der Waals surface area contributed by atoms with Crippen molar-refractivity contribution < 1.29 is 17.9 Å². The molecule has 0 unspecified atom stereocenters. The number of hydrogen-bond acceptors (Lipinski definition) is 5. The van der Waals surface area contributed by atoms with E-state index in [1.807, 2.05) is 6.07 Å². The molecule has 1 aromatic carbocycles. The molecule has 0 saturated heterocycles. The van der Waals surface area contributed by atoms with Crippen molar-refractivity contribution in [2.45, 2.75) is 13.5 Å². The van der Waals surface area contributed by atoms with Gasteiger partial charge in [-0.1, -0.05) is 18.2 Å². The lowest BCUT2D eigenvalue weighted by molar-refractivity contribution is 0.0600. The molecule has 0 spiro atoms. The van der Waals surface area contributed by atoms with Gasteiger partial charge in [-0.15, -0.1) is 0 Å². The Morgan fingerprint density at radius 3 is 2.39 bits per heavy atom. The minimum absolute atomic E-state index is 0.0118. The molecule has 2 rings (SSSR count). The van der Waals surface area contributed by atoms with Crippen LogP contribution in [0.15, 0.2) is 48.7 Å². The van der Waals surface area contributed by atoms with E-state index in [0.29, 0.717) is 16.9 Å². The van der Waals surface area contributed by atoms with Crippen molar-refractivity contribution in [2.75, 3.05) is 17.2 Å². The number of nitrogens with zero attached hydrogens (tertiary/aromatic N) is 2. The van der Waals surface area contributed by atoms with E-state index in [1.165, 1.54) is 17.6 Å². The first-order valence-electron chi connectivity index (χ1n) is 7.06. The Labute approximate surface area is 135 Å². The van der Waals surface area contributed by atoms with Crippen molar-refractivity contribution in [1.29, 1.82) is 0 Å². The molecule has 6 nitrogen and oxygen atoms in total. The number of carbonyl (C=O) groups excluding carboxylic acids is 1. The lowest BCUT2D eigenvalue weighted by atomic mass is 10.2. The van der Waals surface area contributed by atoms with E-state index in [-0.39, 0.29) is 12.3 Å². The lowest BCUT2D eigenvalue weighted by Crippen LogP contribution is -2.32. The van der Waals surface area contributed by atoms with Gasteiger partial charge < -0.3 is 4.74 Å². The standard InChI is InChI=1S/C16H18N2O4S/c1-3-23(20,21)18(15-7-5-4-6-8-15)12-14-10-9-13(11-17-14)16(19)22-2/h4-11H,3,12H2,1-2H3. The third-order valence-corrected chi connectivity index (χ3v) is 5.04. The molecule has 0 bridgehead atoms. The summed E-state index contributed by atoms with van der Waals surface area (Å²) in [5.41, 5.74) is 1.44. The van der Waals surface area contributed by atoms with Gasteiger partial charge in [0, 0.05) is 6.20 Å². The highest BCUT2D eigenvalue weighted by Crippen LogP contribution is 2.20. The number of aromatic nitrogens is 1. The number of esters is 1. The minimum atomic E-state index is -3.44. The van der Waals surface area contributed by atoms with Crippen molar-refractivity contribution in [1.82, 2.24) is 4.98 Å². The Balaban J connectivity index is 2.30. The summed E-state index contributed by atoms with van der Waals surface area (Å²) in [6, 6.07) is 12.0. The van der Waals surface area contributed by atoms with Gasteiger partial charge in [0.05, 0.1) is 36.4 Å². The lowest BCUT2D eigenvalue weighted by Gasteiger charge is -2.23. The van der Waals surface area contributed by atoms with Gasteiger partial charge >= 0.3 is 5.97 Å². The molecule has 2 aromatic rings. The van der Waals surface area contributed by atoms with E-state index in [0.717, 1.165) is 0 Å². The third kappa shape index (κ3) is 4.07. The van der Waals surface area contributed by atoms with E-state index in [4.69, 9.17) is 0 Å². The molecule has 7 heteroatoms. The molecule has 0 saturated carbocycles.